The number of isocyanates is 2. The highest BCUT2D eigenvalue weighted by molar-refractivity contribution is 5.36. The van der Waals surface area contributed by atoms with Crippen molar-refractivity contribution in [3.8, 4) is 0 Å². The van der Waals surface area contributed by atoms with Gasteiger partial charge in [0.05, 0.1) is 6.61 Å². The fraction of sp³-hybridized carbons (Fsp3) is 0.600. The van der Waals surface area contributed by atoms with Crippen LogP contribution in [-0.4, -0.2) is 36.7 Å². The summed E-state index contributed by atoms with van der Waals surface area (Å²) in [7, 11) is 0. The third-order valence-corrected chi connectivity index (χ3v) is 0.789. The summed E-state index contributed by atoms with van der Waals surface area (Å²) >= 11 is 0. The first-order chi connectivity index (χ1) is 5.35. The van der Waals surface area contributed by atoms with Gasteiger partial charge < -0.3 is 5.11 Å². The first-order valence-electron chi connectivity index (χ1n) is 2.83. The van der Waals surface area contributed by atoms with Gasteiger partial charge in [0.2, 0.25) is 18.4 Å². The summed E-state index contributed by atoms with van der Waals surface area (Å²) < 4.78 is 0. The fourth-order valence-corrected chi connectivity index (χ4v) is 0.414. The molecule has 2 N–H and O–H groups in total. The highest BCUT2D eigenvalue weighted by Crippen LogP contribution is 1.82. The van der Waals surface area contributed by atoms with Gasteiger partial charge in [0.25, 0.3) is 0 Å². The maximum atomic E-state index is 9.67. The molecule has 6 nitrogen and oxygen atoms in total. The Morgan fingerprint density at radius 2 is 1.91 bits per heavy atom. The molecule has 0 radical (unpaired) electrons. The van der Waals surface area contributed by atoms with Crippen molar-refractivity contribution >= 4 is 12.2 Å². The normalized spacial score (nSPS) is 11.0. The van der Waals surface area contributed by atoms with Gasteiger partial charge in [-0.1, -0.05) is 0 Å². The van der Waals surface area contributed by atoms with Gasteiger partial charge in [0.1, 0.15) is 0 Å². The van der Waals surface area contributed by atoms with E-state index < -0.39 is 6.29 Å². The van der Waals surface area contributed by atoms with E-state index in [0.29, 0.717) is 0 Å². The number of aliphatic hydroxyl groups excluding tert-OH is 1. The number of nitrogens with zero attached hydrogens (tertiary/aromatic N) is 2. The van der Waals surface area contributed by atoms with Crippen LogP contribution in [0.3, 0.4) is 0 Å². The number of hydrogen-bond donors (Lipinski definition) is 2. The van der Waals surface area contributed by atoms with Crippen molar-refractivity contribution in [2.75, 3.05) is 13.2 Å². The number of aliphatic hydroxyl groups is 1. The second kappa shape index (κ2) is 6.80. The van der Waals surface area contributed by atoms with Gasteiger partial charge in [-0.3, -0.25) is 5.32 Å². The lowest BCUT2D eigenvalue weighted by Gasteiger charge is -2.02. The lowest BCUT2D eigenvalue weighted by molar-refractivity contribution is 0.285. The lowest BCUT2D eigenvalue weighted by atomic mass is 10.6. The van der Waals surface area contributed by atoms with E-state index in [0.717, 1.165) is 0 Å². The fourth-order valence-electron chi connectivity index (χ4n) is 0.414. The van der Waals surface area contributed by atoms with E-state index in [1.54, 1.807) is 0 Å². The van der Waals surface area contributed by atoms with Gasteiger partial charge in [-0.05, 0) is 0 Å². The summed E-state index contributed by atoms with van der Waals surface area (Å²) in [6.45, 7) is 0.0697. The largest absolute Gasteiger partial charge is 0.395 e. The third kappa shape index (κ3) is 5.14. The first-order valence-corrected chi connectivity index (χ1v) is 2.83. The number of nitrogens with one attached hydrogen (secondary N) is 1. The van der Waals surface area contributed by atoms with Crippen molar-refractivity contribution in [3.05, 3.63) is 0 Å². The van der Waals surface area contributed by atoms with Crippen molar-refractivity contribution < 1.29 is 14.7 Å². The minimum absolute atomic E-state index is 0.126. The van der Waals surface area contributed by atoms with E-state index in [1.807, 2.05) is 0 Å². The lowest BCUT2D eigenvalue weighted by Crippen LogP contribution is -2.27. The number of aliphatic imine (C=N–C) groups is 2. The van der Waals surface area contributed by atoms with Crippen LogP contribution in [0.5, 0.6) is 0 Å². The molecule has 0 saturated carbocycles. The second-order valence-corrected chi connectivity index (χ2v) is 1.49. The van der Waals surface area contributed by atoms with Crippen LogP contribution < -0.4 is 5.32 Å². The van der Waals surface area contributed by atoms with Crippen molar-refractivity contribution in [2.24, 2.45) is 9.98 Å². The van der Waals surface area contributed by atoms with Crippen LogP contribution in [0, 0.1) is 0 Å². The minimum atomic E-state index is -0.975. The number of rotatable bonds is 5. The quantitative estimate of drug-likeness (QED) is 0.376. The summed E-state index contributed by atoms with van der Waals surface area (Å²) in [5.41, 5.74) is 0. The Morgan fingerprint density at radius 3 is 2.27 bits per heavy atom. The molecule has 0 heterocycles. The summed E-state index contributed by atoms with van der Waals surface area (Å²) in [6.07, 6.45) is 1.46. The average Bonchev–Trinajstić information content (AvgIpc) is 2.01. The molecule has 11 heavy (non-hydrogen) atoms. The van der Waals surface area contributed by atoms with Gasteiger partial charge in [0.15, 0.2) is 0 Å². The first kappa shape index (κ1) is 9.68. The van der Waals surface area contributed by atoms with Crippen molar-refractivity contribution in [1.29, 1.82) is 0 Å². The van der Waals surface area contributed by atoms with E-state index in [4.69, 9.17) is 5.11 Å². The molecule has 0 amide bonds. The molecule has 6 heteroatoms. The zero-order valence-corrected chi connectivity index (χ0v) is 5.65. The van der Waals surface area contributed by atoms with Gasteiger partial charge >= 0.3 is 0 Å². The van der Waals surface area contributed by atoms with Gasteiger partial charge in [-0.2, -0.15) is 9.98 Å². The van der Waals surface area contributed by atoms with E-state index in [1.165, 1.54) is 12.2 Å². The Bertz CT molecular complexity index is 175. The standard InChI is InChI=1S/C5H7N3O3/c9-2-1-6-5(7-3-10)8-4-11/h5-6,9H,1-2H2. The summed E-state index contributed by atoms with van der Waals surface area (Å²) in [4.78, 5) is 25.5. The van der Waals surface area contributed by atoms with Crippen LogP contribution in [0.4, 0.5) is 0 Å². The predicted octanol–water partition coefficient (Wildman–Crippen LogP) is -1.48. The van der Waals surface area contributed by atoms with E-state index >= 15 is 0 Å². The van der Waals surface area contributed by atoms with E-state index in [-0.39, 0.29) is 13.2 Å². The molecule has 0 bridgehead atoms. The summed E-state index contributed by atoms with van der Waals surface area (Å²) in [5, 5.41) is 10.8. The van der Waals surface area contributed by atoms with Crippen LogP contribution in [0.1, 0.15) is 0 Å². The monoisotopic (exact) mass is 157 g/mol. The third-order valence-electron chi connectivity index (χ3n) is 0.789. The van der Waals surface area contributed by atoms with Crippen LogP contribution in [0.2, 0.25) is 0 Å². The molecule has 0 saturated heterocycles. The van der Waals surface area contributed by atoms with Crippen LogP contribution >= 0.6 is 0 Å². The molecule has 0 rings (SSSR count). The molecule has 0 aromatic carbocycles. The Kier molecular flexibility index (Phi) is 5.98. The molecular weight excluding hydrogens is 150 g/mol. The van der Waals surface area contributed by atoms with Gasteiger partial charge in [-0.15, -0.1) is 0 Å². The zero-order valence-electron chi connectivity index (χ0n) is 5.65. The van der Waals surface area contributed by atoms with Crippen molar-refractivity contribution in [2.45, 2.75) is 6.29 Å². The molecular formula is C5H7N3O3. The van der Waals surface area contributed by atoms with Gasteiger partial charge in [-0.25, -0.2) is 9.59 Å². The maximum absolute atomic E-state index is 9.67. The molecule has 0 unspecified atom stereocenters. The molecule has 0 spiro atoms. The molecule has 0 aromatic rings. The van der Waals surface area contributed by atoms with Crippen molar-refractivity contribution in [1.82, 2.24) is 5.32 Å². The molecule has 0 atom stereocenters. The highest BCUT2D eigenvalue weighted by Gasteiger charge is 1.99. The Labute approximate surface area is 62.7 Å². The van der Waals surface area contributed by atoms with Crippen molar-refractivity contribution in [3.63, 3.8) is 0 Å². The molecule has 0 aromatic heterocycles. The molecule has 0 aliphatic carbocycles. The average molecular weight is 157 g/mol. The van der Waals surface area contributed by atoms with E-state index in [9.17, 15) is 9.59 Å². The second-order valence-electron chi connectivity index (χ2n) is 1.49. The molecule has 60 valence electrons. The SMILES string of the molecule is O=C=NC(N=C=O)NCCO. The van der Waals surface area contributed by atoms with E-state index in [2.05, 4.69) is 15.3 Å². The molecule has 0 aliphatic rings. The Balaban J connectivity index is 3.88. The maximum Gasteiger partial charge on any atom is 0.238 e. The Morgan fingerprint density at radius 1 is 1.36 bits per heavy atom. The molecule has 0 aliphatic heterocycles. The highest BCUT2D eigenvalue weighted by atomic mass is 16.3. The predicted molar refractivity (Wildman–Crippen MR) is 35.1 cm³/mol. The zero-order chi connectivity index (χ0) is 8.53. The number of hydrogen-bond acceptors (Lipinski definition) is 6. The number of carbonyl (C=O) groups excluding carboxylic acids is 2. The Hall–Kier alpha value is -1.32. The minimum Gasteiger partial charge on any atom is -0.395 e. The molecule has 0 fully saturated rings. The van der Waals surface area contributed by atoms with Gasteiger partial charge in [0, 0.05) is 6.54 Å². The summed E-state index contributed by atoms with van der Waals surface area (Å²) in [5.74, 6) is 0. The van der Waals surface area contributed by atoms with Crippen LogP contribution in [0.15, 0.2) is 9.98 Å². The smallest absolute Gasteiger partial charge is 0.238 e. The topological polar surface area (TPSA) is 91.1 Å². The van der Waals surface area contributed by atoms with Crippen LogP contribution in [-0.2, 0) is 9.59 Å². The van der Waals surface area contributed by atoms with Crippen LogP contribution in [0.25, 0.3) is 0 Å². The summed E-state index contributed by atoms with van der Waals surface area (Å²) in [6, 6.07) is 0.